The molecule has 0 saturated carbocycles. The third-order valence-electron chi connectivity index (χ3n) is 4.95. The van der Waals surface area contributed by atoms with Gasteiger partial charge in [-0.3, -0.25) is 9.59 Å². The predicted molar refractivity (Wildman–Crippen MR) is 109 cm³/mol. The molecular formula is C23H28N2O3. The van der Waals surface area contributed by atoms with Crippen LogP contribution in [0.3, 0.4) is 0 Å². The third kappa shape index (κ3) is 5.59. The zero-order valence-electron chi connectivity index (χ0n) is 16.4. The van der Waals surface area contributed by atoms with Crippen LogP contribution in [0.2, 0.25) is 0 Å². The molecule has 0 aliphatic carbocycles. The molecule has 0 aromatic heterocycles. The number of benzene rings is 2. The summed E-state index contributed by atoms with van der Waals surface area (Å²) in [6.45, 7) is 4.62. The molecule has 28 heavy (non-hydrogen) atoms. The van der Waals surface area contributed by atoms with E-state index in [1.165, 1.54) is 0 Å². The van der Waals surface area contributed by atoms with Crippen LogP contribution in [-0.4, -0.2) is 36.4 Å². The Kier molecular flexibility index (Phi) is 7.06. The van der Waals surface area contributed by atoms with E-state index in [0.29, 0.717) is 38.2 Å². The van der Waals surface area contributed by atoms with Gasteiger partial charge in [0, 0.05) is 37.5 Å². The van der Waals surface area contributed by atoms with Crippen molar-refractivity contribution in [2.75, 3.05) is 19.7 Å². The number of carbonyl (C=O) groups excluding carboxylic acids is 2. The van der Waals surface area contributed by atoms with Gasteiger partial charge in [0.15, 0.2) is 0 Å². The first kappa shape index (κ1) is 19.9. The van der Waals surface area contributed by atoms with Crippen molar-refractivity contribution < 1.29 is 14.3 Å². The Balaban J connectivity index is 1.45. The Bertz CT molecular complexity index is 774. The van der Waals surface area contributed by atoms with Crippen LogP contribution in [0.1, 0.15) is 42.1 Å². The number of nitrogens with zero attached hydrogens (tertiary/aromatic N) is 1. The molecule has 1 N–H and O–H groups in total. The molecule has 2 amide bonds. The van der Waals surface area contributed by atoms with Crippen LogP contribution >= 0.6 is 0 Å². The fourth-order valence-corrected chi connectivity index (χ4v) is 3.32. The summed E-state index contributed by atoms with van der Waals surface area (Å²) in [6.07, 6.45) is 2.59. The van der Waals surface area contributed by atoms with Crippen LogP contribution in [0.15, 0.2) is 54.6 Å². The first-order valence-electron chi connectivity index (χ1n) is 9.98. The van der Waals surface area contributed by atoms with E-state index in [4.69, 9.17) is 4.74 Å². The maximum absolute atomic E-state index is 12.4. The van der Waals surface area contributed by atoms with E-state index in [9.17, 15) is 9.59 Å². The Labute approximate surface area is 166 Å². The second-order valence-electron chi connectivity index (χ2n) is 7.27. The van der Waals surface area contributed by atoms with Crippen molar-refractivity contribution in [1.82, 2.24) is 10.2 Å². The summed E-state index contributed by atoms with van der Waals surface area (Å²) in [5.74, 6) is 0.963. The van der Waals surface area contributed by atoms with Gasteiger partial charge in [0.05, 0.1) is 6.61 Å². The molecule has 148 valence electrons. The largest absolute Gasteiger partial charge is 0.494 e. The van der Waals surface area contributed by atoms with Crippen molar-refractivity contribution in [3.63, 3.8) is 0 Å². The molecule has 1 aliphatic heterocycles. The summed E-state index contributed by atoms with van der Waals surface area (Å²) >= 11 is 0. The van der Waals surface area contributed by atoms with Crippen LogP contribution in [0.5, 0.6) is 5.75 Å². The van der Waals surface area contributed by atoms with Gasteiger partial charge in [-0.05, 0) is 36.2 Å². The lowest BCUT2D eigenvalue weighted by Crippen LogP contribution is -2.31. The highest BCUT2D eigenvalue weighted by Gasteiger charge is 2.29. The van der Waals surface area contributed by atoms with Crippen molar-refractivity contribution in [2.24, 2.45) is 5.92 Å². The standard InChI is InChI=1S/C23H28N2O3/c1-2-3-13-28-21-11-9-20(10-12-21)23(27)24-15-19-14-22(26)25(17-19)16-18-7-5-4-6-8-18/h4-12,19H,2-3,13-17H2,1H3,(H,24,27). The zero-order valence-corrected chi connectivity index (χ0v) is 16.4. The first-order valence-corrected chi connectivity index (χ1v) is 9.98. The highest BCUT2D eigenvalue weighted by Crippen LogP contribution is 2.20. The second kappa shape index (κ2) is 9.93. The van der Waals surface area contributed by atoms with Crippen molar-refractivity contribution >= 4 is 11.8 Å². The molecule has 1 fully saturated rings. The van der Waals surface area contributed by atoms with Gasteiger partial charge in [0.2, 0.25) is 5.91 Å². The number of carbonyl (C=O) groups is 2. The summed E-state index contributed by atoms with van der Waals surface area (Å²) in [6, 6.07) is 17.2. The molecule has 0 radical (unpaired) electrons. The minimum atomic E-state index is -0.117. The normalized spacial score (nSPS) is 16.2. The Morgan fingerprint density at radius 3 is 2.61 bits per heavy atom. The molecule has 5 heteroatoms. The van der Waals surface area contributed by atoms with E-state index in [1.807, 2.05) is 47.4 Å². The third-order valence-corrected chi connectivity index (χ3v) is 4.95. The van der Waals surface area contributed by atoms with E-state index >= 15 is 0 Å². The van der Waals surface area contributed by atoms with E-state index in [-0.39, 0.29) is 17.7 Å². The highest BCUT2D eigenvalue weighted by atomic mass is 16.5. The van der Waals surface area contributed by atoms with Crippen molar-refractivity contribution in [1.29, 1.82) is 0 Å². The first-order chi connectivity index (χ1) is 13.7. The average molecular weight is 380 g/mol. The van der Waals surface area contributed by atoms with Crippen LogP contribution in [0, 0.1) is 5.92 Å². The minimum Gasteiger partial charge on any atom is -0.494 e. The highest BCUT2D eigenvalue weighted by molar-refractivity contribution is 5.94. The molecule has 1 unspecified atom stereocenters. The van der Waals surface area contributed by atoms with Crippen molar-refractivity contribution in [3.8, 4) is 5.75 Å². The Morgan fingerprint density at radius 2 is 1.89 bits per heavy atom. The molecular weight excluding hydrogens is 352 g/mol. The Hall–Kier alpha value is -2.82. The lowest BCUT2D eigenvalue weighted by Gasteiger charge is -2.17. The number of ether oxygens (including phenoxy) is 1. The maximum atomic E-state index is 12.4. The molecule has 0 spiro atoms. The van der Waals surface area contributed by atoms with Crippen molar-refractivity contribution in [3.05, 3.63) is 65.7 Å². The monoisotopic (exact) mass is 380 g/mol. The van der Waals surface area contributed by atoms with Gasteiger partial charge in [-0.1, -0.05) is 43.7 Å². The van der Waals surface area contributed by atoms with Crippen LogP contribution < -0.4 is 10.1 Å². The van der Waals surface area contributed by atoms with Crippen LogP contribution in [0.4, 0.5) is 0 Å². The number of hydrogen-bond acceptors (Lipinski definition) is 3. The summed E-state index contributed by atoms with van der Waals surface area (Å²) < 4.78 is 5.62. The minimum absolute atomic E-state index is 0.117. The summed E-state index contributed by atoms with van der Waals surface area (Å²) in [7, 11) is 0. The number of likely N-dealkylation sites (tertiary alicyclic amines) is 1. The number of amides is 2. The summed E-state index contributed by atoms with van der Waals surface area (Å²) in [5.41, 5.74) is 1.73. The van der Waals surface area contributed by atoms with Gasteiger partial charge < -0.3 is 15.0 Å². The van der Waals surface area contributed by atoms with Gasteiger partial charge in [-0.25, -0.2) is 0 Å². The molecule has 3 rings (SSSR count). The van der Waals surface area contributed by atoms with Crippen LogP contribution in [0.25, 0.3) is 0 Å². The predicted octanol–water partition coefficient (Wildman–Crippen LogP) is 3.64. The number of rotatable bonds is 9. The second-order valence-corrected chi connectivity index (χ2v) is 7.27. The fourth-order valence-electron chi connectivity index (χ4n) is 3.32. The molecule has 1 aliphatic rings. The molecule has 1 atom stereocenters. The Morgan fingerprint density at radius 1 is 1.14 bits per heavy atom. The van der Waals surface area contributed by atoms with Crippen molar-refractivity contribution in [2.45, 2.75) is 32.7 Å². The smallest absolute Gasteiger partial charge is 0.251 e. The van der Waals surface area contributed by atoms with Gasteiger partial charge in [0.25, 0.3) is 5.91 Å². The van der Waals surface area contributed by atoms with E-state index in [2.05, 4.69) is 12.2 Å². The maximum Gasteiger partial charge on any atom is 0.251 e. The van der Waals surface area contributed by atoms with E-state index in [1.54, 1.807) is 12.1 Å². The van der Waals surface area contributed by atoms with Gasteiger partial charge >= 0.3 is 0 Å². The molecule has 2 aromatic rings. The van der Waals surface area contributed by atoms with Gasteiger partial charge in [0.1, 0.15) is 5.75 Å². The van der Waals surface area contributed by atoms with Gasteiger partial charge in [-0.2, -0.15) is 0 Å². The lowest BCUT2D eigenvalue weighted by molar-refractivity contribution is -0.128. The molecule has 2 aromatic carbocycles. The zero-order chi connectivity index (χ0) is 19.8. The topological polar surface area (TPSA) is 58.6 Å². The van der Waals surface area contributed by atoms with Gasteiger partial charge in [-0.15, -0.1) is 0 Å². The quantitative estimate of drug-likeness (QED) is 0.676. The average Bonchev–Trinajstić information content (AvgIpc) is 3.07. The number of hydrogen-bond donors (Lipinski definition) is 1. The lowest BCUT2D eigenvalue weighted by atomic mass is 10.1. The molecule has 0 bridgehead atoms. The van der Waals surface area contributed by atoms with Crippen LogP contribution in [-0.2, 0) is 11.3 Å². The summed E-state index contributed by atoms with van der Waals surface area (Å²) in [4.78, 5) is 26.5. The summed E-state index contributed by atoms with van der Waals surface area (Å²) in [5, 5.41) is 2.96. The van der Waals surface area contributed by atoms with E-state index < -0.39 is 0 Å². The van der Waals surface area contributed by atoms with E-state index in [0.717, 1.165) is 24.2 Å². The number of nitrogens with one attached hydrogen (secondary N) is 1. The SMILES string of the molecule is CCCCOc1ccc(C(=O)NCC2CC(=O)N(Cc3ccccc3)C2)cc1. The molecule has 5 nitrogen and oxygen atoms in total. The fraction of sp³-hybridized carbons (Fsp3) is 0.391. The number of unbranched alkanes of at least 4 members (excludes halogenated alkanes) is 1. The molecule has 1 heterocycles. The molecule has 1 saturated heterocycles.